The van der Waals surface area contributed by atoms with Gasteiger partial charge in [0, 0.05) is 30.6 Å². The van der Waals surface area contributed by atoms with Gasteiger partial charge in [-0.05, 0) is 30.9 Å². The number of benzene rings is 1. The van der Waals surface area contributed by atoms with Crippen molar-refractivity contribution in [2.24, 2.45) is 5.92 Å². The number of rotatable bonds is 8. The third-order valence-corrected chi connectivity index (χ3v) is 7.24. The molecule has 4 atom stereocenters. The summed E-state index contributed by atoms with van der Waals surface area (Å²) < 4.78 is 6.10. The number of fused-ring (bicyclic) bond motifs is 3. The van der Waals surface area contributed by atoms with Crippen LogP contribution in [0.15, 0.2) is 35.9 Å². The summed E-state index contributed by atoms with van der Waals surface area (Å²) in [5, 5.41) is 23.3. The van der Waals surface area contributed by atoms with Crippen LogP contribution in [-0.2, 0) is 14.4 Å². The van der Waals surface area contributed by atoms with Gasteiger partial charge >= 0.3 is 0 Å². The van der Waals surface area contributed by atoms with E-state index in [1.807, 2.05) is 18.2 Å². The molecular formula is C26H34N2O6. The zero-order valence-electron chi connectivity index (χ0n) is 19.6. The molecule has 8 nitrogen and oxygen atoms in total. The van der Waals surface area contributed by atoms with Gasteiger partial charge in [0.1, 0.15) is 18.0 Å². The summed E-state index contributed by atoms with van der Waals surface area (Å²) >= 11 is 0. The zero-order chi connectivity index (χ0) is 24.2. The van der Waals surface area contributed by atoms with E-state index in [1.165, 1.54) is 4.90 Å². The quantitative estimate of drug-likeness (QED) is 0.498. The van der Waals surface area contributed by atoms with Gasteiger partial charge in [0.05, 0.1) is 18.6 Å². The number of carbonyl (C=O) groups is 3. The van der Waals surface area contributed by atoms with Crippen LogP contribution in [0.5, 0.6) is 5.75 Å². The SMILES string of the molecule is CCC(=O)C(=O)N(CC1CCCCC1)[C@@H]1C=C(C(=O)NCCO)[C@@H]2c3ccccc3O[C@@H]2[C@H]1O. The van der Waals surface area contributed by atoms with Crippen LogP contribution < -0.4 is 10.1 Å². The third kappa shape index (κ3) is 4.74. The normalized spacial score (nSPS) is 26.0. The van der Waals surface area contributed by atoms with Crippen LogP contribution in [-0.4, -0.2) is 70.7 Å². The number of hydrogen-bond acceptors (Lipinski definition) is 6. The van der Waals surface area contributed by atoms with Crippen molar-refractivity contribution in [1.82, 2.24) is 10.2 Å². The number of ketones is 1. The number of carbonyl (C=O) groups excluding carboxylic acids is 3. The van der Waals surface area contributed by atoms with Crippen molar-refractivity contribution in [3.8, 4) is 5.75 Å². The summed E-state index contributed by atoms with van der Waals surface area (Å²) in [7, 11) is 0. The molecule has 3 N–H and O–H groups in total. The summed E-state index contributed by atoms with van der Waals surface area (Å²) in [6.45, 7) is 1.89. The Morgan fingerprint density at radius 1 is 1.15 bits per heavy atom. The first kappa shape index (κ1) is 24.4. The highest BCUT2D eigenvalue weighted by atomic mass is 16.5. The molecule has 1 saturated carbocycles. The summed E-state index contributed by atoms with van der Waals surface area (Å²) in [5.41, 5.74) is 1.18. The number of amides is 2. The van der Waals surface area contributed by atoms with Gasteiger partial charge in [0.15, 0.2) is 0 Å². The van der Waals surface area contributed by atoms with Crippen LogP contribution in [0.1, 0.15) is 56.9 Å². The number of aliphatic hydroxyl groups is 2. The minimum absolute atomic E-state index is 0.0738. The zero-order valence-corrected chi connectivity index (χ0v) is 19.6. The van der Waals surface area contributed by atoms with Crippen LogP contribution >= 0.6 is 0 Å². The highest BCUT2D eigenvalue weighted by Gasteiger charge is 2.50. The molecule has 34 heavy (non-hydrogen) atoms. The third-order valence-electron chi connectivity index (χ3n) is 7.24. The Labute approximate surface area is 200 Å². The van der Waals surface area contributed by atoms with E-state index in [0.717, 1.165) is 37.7 Å². The number of Topliss-reactive ketones (excluding diaryl/α,β-unsaturated/α-hetero) is 1. The Morgan fingerprint density at radius 2 is 1.88 bits per heavy atom. The molecule has 2 aliphatic carbocycles. The number of para-hydroxylation sites is 1. The number of aliphatic hydroxyl groups excluding tert-OH is 2. The van der Waals surface area contributed by atoms with Gasteiger partial charge in [-0.25, -0.2) is 0 Å². The van der Waals surface area contributed by atoms with Crippen LogP contribution in [0.25, 0.3) is 0 Å². The van der Waals surface area contributed by atoms with E-state index in [0.29, 0.717) is 17.9 Å². The molecule has 0 bridgehead atoms. The minimum atomic E-state index is -1.11. The van der Waals surface area contributed by atoms with Crippen LogP contribution in [0, 0.1) is 5.92 Å². The monoisotopic (exact) mass is 470 g/mol. The first-order valence-corrected chi connectivity index (χ1v) is 12.3. The van der Waals surface area contributed by atoms with Crippen LogP contribution in [0.2, 0.25) is 0 Å². The Kier molecular flexibility index (Phi) is 7.68. The summed E-state index contributed by atoms with van der Waals surface area (Å²) in [6, 6.07) is 6.48. The number of ether oxygens (including phenoxy) is 1. The smallest absolute Gasteiger partial charge is 0.290 e. The van der Waals surface area contributed by atoms with Crippen molar-refractivity contribution in [3.63, 3.8) is 0 Å². The first-order chi connectivity index (χ1) is 16.5. The summed E-state index contributed by atoms with van der Waals surface area (Å²) in [6.07, 6.45) is 5.09. The predicted molar refractivity (Wildman–Crippen MR) is 125 cm³/mol. The number of nitrogens with one attached hydrogen (secondary N) is 1. The summed E-state index contributed by atoms with van der Waals surface area (Å²) in [4.78, 5) is 40.3. The van der Waals surface area contributed by atoms with Gasteiger partial charge in [0.25, 0.3) is 5.91 Å². The van der Waals surface area contributed by atoms with Crippen molar-refractivity contribution in [1.29, 1.82) is 0 Å². The van der Waals surface area contributed by atoms with Gasteiger partial charge < -0.3 is 25.2 Å². The Balaban J connectivity index is 1.73. The van der Waals surface area contributed by atoms with E-state index in [9.17, 15) is 24.6 Å². The molecule has 1 aliphatic heterocycles. The maximum atomic E-state index is 13.2. The maximum Gasteiger partial charge on any atom is 0.290 e. The Hall–Kier alpha value is -2.71. The van der Waals surface area contributed by atoms with Crippen LogP contribution in [0.4, 0.5) is 0 Å². The molecule has 184 valence electrons. The molecule has 3 aliphatic rings. The van der Waals surface area contributed by atoms with Gasteiger partial charge in [-0.1, -0.05) is 44.4 Å². The standard InChI is InChI=1S/C26H34N2O6/c1-2-20(30)26(33)28(15-16-8-4-3-5-9-16)19-14-18(25(32)27-12-13-29)22-17-10-6-7-11-21(17)34-24(22)23(19)31/h6-7,10-11,14,16,19,22-24,29,31H,2-5,8-9,12-13,15H2,1H3,(H,27,32)/t19-,22+,23+,24+/m1/s1. The number of nitrogens with zero attached hydrogens (tertiary/aromatic N) is 1. The fraction of sp³-hybridized carbons (Fsp3) is 0.577. The molecule has 2 amide bonds. The Morgan fingerprint density at radius 3 is 2.59 bits per heavy atom. The van der Waals surface area contributed by atoms with Gasteiger partial charge in [-0.3, -0.25) is 14.4 Å². The molecule has 0 unspecified atom stereocenters. The lowest BCUT2D eigenvalue weighted by molar-refractivity contribution is -0.149. The second-order valence-corrected chi connectivity index (χ2v) is 9.42. The molecule has 0 aromatic heterocycles. The van der Waals surface area contributed by atoms with Crippen molar-refractivity contribution in [3.05, 3.63) is 41.5 Å². The average Bonchev–Trinajstić information content (AvgIpc) is 3.26. The number of hydrogen-bond donors (Lipinski definition) is 3. The molecule has 1 aromatic rings. The predicted octanol–water partition coefficient (Wildman–Crippen LogP) is 1.70. The van der Waals surface area contributed by atoms with Gasteiger partial charge in [-0.2, -0.15) is 0 Å². The lowest BCUT2D eigenvalue weighted by Gasteiger charge is -2.42. The van der Waals surface area contributed by atoms with E-state index in [4.69, 9.17) is 4.74 Å². The molecule has 0 saturated heterocycles. The maximum absolute atomic E-state index is 13.2. The minimum Gasteiger partial charge on any atom is -0.486 e. The second-order valence-electron chi connectivity index (χ2n) is 9.42. The van der Waals surface area contributed by atoms with Crippen molar-refractivity contribution >= 4 is 17.6 Å². The average molecular weight is 471 g/mol. The summed E-state index contributed by atoms with van der Waals surface area (Å²) in [5.74, 6) is -1.19. The van der Waals surface area contributed by atoms with Crippen molar-refractivity contribution in [2.45, 2.75) is 69.6 Å². The molecule has 1 fully saturated rings. The van der Waals surface area contributed by atoms with E-state index in [1.54, 1.807) is 19.1 Å². The highest BCUT2D eigenvalue weighted by Crippen LogP contribution is 2.47. The van der Waals surface area contributed by atoms with Gasteiger partial charge in [0.2, 0.25) is 11.7 Å². The van der Waals surface area contributed by atoms with E-state index in [2.05, 4.69) is 5.32 Å². The second kappa shape index (κ2) is 10.7. The van der Waals surface area contributed by atoms with Crippen molar-refractivity contribution in [2.75, 3.05) is 19.7 Å². The first-order valence-electron chi connectivity index (χ1n) is 12.3. The lowest BCUT2D eigenvalue weighted by atomic mass is 9.77. The topological polar surface area (TPSA) is 116 Å². The molecule has 0 radical (unpaired) electrons. The lowest BCUT2D eigenvalue weighted by Crippen LogP contribution is -2.57. The van der Waals surface area contributed by atoms with E-state index < -0.39 is 35.9 Å². The van der Waals surface area contributed by atoms with Crippen LogP contribution in [0.3, 0.4) is 0 Å². The van der Waals surface area contributed by atoms with Crippen molar-refractivity contribution < 1.29 is 29.3 Å². The fourth-order valence-corrected chi connectivity index (χ4v) is 5.49. The Bertz CT molecular complexity index is 954. The fourth-order valence-electron chi connectivity index (χ4n) is 5.49. The van der Waals surface area contributed by atoms with E-state index in [-0.39, 0.29) is 31.4 Å². The van der Waals surface area contributed by atoms with Gasteiger partial charge in [-0.15, -0.1) is 0 Å². The largest absolute Gasteiger partial charge is 0.486 e. The molecular weight excluding hydrogens is 436 g/mol. The molecule has 8 heteroatoms. The molecule has 4 rings (SSSR count). The molecule has 1 aromatic carbocycles. The molecule has 0 spiro atoms. The highest BCUT2D eigenvalue weighted by molar-refractivity contribution is 6.36. The van der Waals surface area contributed by atoms with E-state index >= 15 is 0 Å². The molecule has 1 heterocycles.